The summed E-state index contributed by atoms with van der Waals surface area (Å²) in [6.07, 6.45) is 12.9. The van der Waals surface area contributed by atoms with Crippen LogP contribution in [0.1, 0.15) is 95.1 Å². The minimum absolute atomic E-state index is 0.333. The number of hydrogen-bond acceptors (Lipinski definition) is 3. The lowest BCUT2D eigenvalue weighted by molar-refractivity contribution is -0.0502. The minimum atomic E-state index is -0.540. The van der Waals surface area contributed by atoms with Gasteiger partial charge in [0.25, 0.3) is 0 Å². The molecule has 0 bridgehead atoms. The second kappa shape index (κ2) is 9.80. The zero-order chi connectivity index (χ0) is 20.0. The summed E-state index contributed by atoms with van der Waals surface area (Å²) in [5, 5.41) is 0. The highest BCUT2D eigenvalue weighted by atomic mass is 16.7. The van der Waals surface area contributed by atoms with Crippen LogP contribution < -0.4 is 0 Å². The lowest BCUT2D eigenvalue weighted by atomic mass is 9.67. The molecule has 3 nitrogen and oxygen atoms in total. The van der Waals surface area contributed by atoms with E-state index in [2.05, 4.69) is 42.8 Å². The maximum Gasteiger partial charge on any atom is 0.508 e. The molecule has 1 aromatic carbocycles. The van der Waals surface area contributed by atoms with E-state index in [0.717, 1.165) is 30.6 Å². The monoisotopic (exact) mass is 386 g/mol. The summed E-state index contributed by atoms with van der Waals surface area (Å²) in [4.78, 5) is 11.5. The maximum atomic E-state index is 11.5. The highest BCUT2D eigenvalue weighted by molar-refractivity contribution is 5.60. The lowest BCUT2D eigenvalue weighted by Crippen LogP contribution is -2.38. The predicted molar refractivity (Wildman–Crippen MR) is 114 cm³/mol. The van der Waals surface area contributed by atoms with Crippen LogP contribution in [0.3, 0.4) is 0 Å². The molecule has 0 saturated heterocycles. The number of aryl methyl sites for hydroxylation is 1. The molecule has 1 aromatic rings. The van der Waals surface area contributed by atoms with Crippen LogP contribution in [0.5, 0.6) is 0 Å². The van der Waals surface area contributed by atoms with Gasteiger partial charge in [-0.25, -0.2) is 4.79 Å². The van der Waals surface area contributed by atoms with Gasteiger partial charge in [0.05, 0.1) is 7.11 Å². The highest BCUT2D eigenvalue weighted by Crippen LogP contribution is 2.45. The van der Waals surface area contributed by atoms with Crippen LogP contribution in [0.2, 0.25) is 0 Å². The first-order valence-electron chi connectivity index (χ1n) is 11.4. The normalized spacial score (nSPS) is 30.6. The number of benzene rings is 1. The Morgan fingerprint density at radius 2 is 1.61 bits per heavy atom. The van der Waals surface area contributed by atoms with Crippen molar-refractivity contribution in [2.45, 2.75) is 96.0 Å². The molecule has 28 heavy (non-hydrogen) atoms. The molecule has 0 N–H and O–H groups in total. The van der Waals surface area contributed by atoms with Gasteiger partial charge >= 0.3 is 6.16 Å². The van der Waals surface area contributed by atoms with Gasteiger partial charge in [-0.1, -0.05) is 37.6 Å². The number of unbranched alkanes of at least 4 members (excludes halogenated alkanes) is 1. The summed E-state index contributed by atoms with van der Waals surface area (Å²) >= 11 is 0. The first-order valence-corrected chi connectivity index (χ1v) is 11.4. The van der Waals surface area contributed by atoms with Crippen molar-refractivity contribution >= 4 is 6.16 Å². The predicted octanol–water partition coefficient (Wildman–Crippen LogP) is 7.03. The SMILES string of the molecule is CCCCc1ccc(C2CCC(C3CCC(C)(OC(=O)OC)CC3)CC2)cc1. The fourth-order valence-electron chi connectivity index (χ4n) is 5.33. The number of methoxy groups -OCH3 is 1. The average molecular weight is 387 g/mol. The van der Waals surface area contributed by atoms with E-state index in [0.29, 0.717) is 0 Å². The molecule has 0 atom stereocenters. The van der Waals surface area contributed by atoms with Crippen LogP contribution in [0.25, 0.3) is 0 Å². The number of carbonyl (C=O) groups is 1. The van der Waals surface area contributed by atoms with Crippen molar-refractivity contribution in [2.24, 2.45) is 11.8 Å². The van der Waals surface area contributed by atoms with E-state index in [4.69, 9.17) is 4.74 Å². The molecule has 2 fully saturated rings. The van der Waals surface area contributed by atoms with Crippen molar-refractivity contribution in [3.8, 4) is 0 Å². The van der Waals surface area contributed by atoms with Gasteiger partial charge in [-0.05, 0) is 100 Å². The molecule has 0 spiro atoms. The Morgan fingerprint density at radius 1 is 1.00 bits per heavy atom. The fraction of sp³-hybridized carbons (Fsp3) is 0.720. The van der Waals surface area contributed by atoms with Crippen molar-refractivity contribution in [1.29, 1.82) is 0 Å². The van der Waals surface area contributed by atoms with Crippen molar-refractivity contribution < 1.29 is 14.3 Å². The van der Waals surface area contributed by atoms with Crippen molar-refractivity contribution in [1.82, 2.24) is 0 Å². The quantitative estimate of drug-likeness (QED) is 0.492. The second-order valence-corrected chi connectivity index (χ2v) is 9.30. The summed E-state index contributed by atoms with van der Waals surface area (Å²) in [5.74, 6) is 2.39. The molecule has 3 heteroatoms. The Kier molecular flexibility index (Phi) is 7.42. The van der Waals surface area contributed by atoms with E-state index >= 15 is 0 Å². The van der Waals surface area contributed by atoms with E-state index in [-0.39, 0.29) is 5.60 Å². The van der Waals surface area contributed by atoms with Gasteiger partial charge < -0.3 is 9.47 Å². The standard InChI is InChI=1S/C25H38O3/c1-4-5-6-19-7-9-20(10-8-19)21-11-13-22(14-12-21)23-15-17-25(2,18-16-23)28-24(26)27-3/h7-10,21-23H,4-6,11-18H2,1-3H3. The van der Waals surface area contributed by atoms with Gasteiger partial charge in [0.2, 0.25) is 0 Å². The topological polar surface area (TPSA) is 35.5 Å². The summed E-state index contributed by atoms with van der Waals surface area (Å²) in [6, 6.07) is 9.46. The molecule has 2 aliphatic rings. The largest absolute Gasteiger partial charge is 0.508 e. The Morgan fingerprint density at radius 3 is 2.18 bits per heavy atom. The summed E-state index contributed by atoms with van der Waals surface area (Å²) in [7, 11) is 1.38. The van der Waals surface area contributed by atoms with Gasteiger partial charge in [-0.3, -0.25) is 0 Å². The van der Waals surface area contributed by atoms with Gasteiger partial charge in [0.1, 0.15) is 5.60 Å². The molecule has 0 unspecified atom stereocenters. The molecule has 2 saturated carbocycles. The first-order chi connectivity index (χ1) is 13.5. The van der Waals surface area contributed by atoms with Crippen LogP contribution in [-0.2, 0) is 15.9 Å². The van der Waals surface area contributed by atoms with Gasteiger partial charge in [-0.2, -0.15) is 0 Å². The van der Waals surface area contributed by atoms with Crippen molar-refractivity contribution in [3.63, 3.8) is 0 Å². The Balaban J connectivity index is 1.45. The third-order valence-corrected chi connectivity index (χ3v) is 7.29. The van der Waals surface area contributed by atoms with Crippen molar-refractivity contribution in [2.75, 3.05) is 7.11 Å². The third kappa shape index (κ3) is 5.52. The Hall–Kier alpha value is -1.51. The Labute approximate surface area is 171 Å². The van der Waals surface area contributed by atoms with Gasteiger partial charge in [0.15, 0.2) is 0 Å². The fourth-order valence-corrected chi connectivity index (χ4v) is 5.33. The van der Waals surface area contributed by atoms with Crippen LogP contribution in [0, 0.1) is 11.8 Å². The average Bonchev–Trinajstić information content (AvgIpc) is 2.73. The lowest BCUT2D eigenvalue weighted by Gasteiger charge is -2.41. The first kappa shape index (κ1) is 21.2. The third-order valence-electron chi connectivity index (χ3n) is 7.29. The molecule has 2 aliphatic carbocycles. The van der Waals surface area contributed by atoms with E-state index in [1.54, 1.807) is 5.56 Å². The zero-order valence-electron chi connectivity index (χ0n) is 18.0. The molecular weight excluding hydrogens is 348 g/mol. The molecule has 0 aliphatic heterocycles. The highest BCUT2D eigenvalue weighted by Gasteiger charge is 2.38. The van der Waals surface area contributed by atoms with Gasteiger partial charge in [0, 0.05) is 0 Å². The van der Waals surface area contributed by atoms with Crippen LogP contribution in [-0.4, -0.2) is 18.9 Å². The van der Waals surface area contributed by atoms with Crippen molar-refractivity contribution in [3.05, 3.63) is 35.4 Å². The second-order valence-electron chi connectivity index (χ2n) is 9.30. The molecule has 3 rings (SSSR count). The molecule has 0 heterocycles. The summed E-state index contributed by atoms with van der Waals surface area (Å²) < 4.78 is 10.2. The van der Waals surface area contributed by atoms with Crippen LogP contribution in [0.4, 0.5) is 4.79 Å². The Bertz CT molecular complexity index is 605. The smallest absolute Gasteiger partial charge is 0.438 e. The molecular formula is C25H38O3. The summed E-state index contributed by atoms with van der Waals surface area (Å²) in [6.45, 7) is 4.31. The van der Waals surface area contributed by atoms with E-state index in [1.165, 1.54) is 70.5 Å². The number of ether oxygens (including phenoxy) is 2. The molecule has 0 amide bonds. The molecule has 0 radical (unpaired) electrons. The number of hydrogen-bond donors (Lipinski definition) is 0. The zero-order valence-corrected chi connectivity index (χ0v) is 18.0. The van der Waals surface area contributed by atoms with E-state index < -0.39 is 6.16 Å². The number of rotatable bonds is 6. The van der Waals surface area contributed by atoms with E-state index in [9.17, 15) is 4.79 Å². The van der Waals surface area contributed by atoms with E-state index in [1.807, 2.05) is 0 Å². The van der Waals surface area contributed by atoms with Crippen LogP contribution >= 0.6 is 0 Å². The van der Waals surface area contributed by atoms with Gasteiger partial charge in [-0.15, -0.1) is 0 Å². The maximum absolute atomic E-state index is 11.5. The molecule has 0 aromatic heterocycles. The summed E-state index contributed by atoms with van der Waals surface area (Å²) in [5.41, 5.74) is 2.69. The molecule has 156 valence electrons. The number of carbonyl (C=O) groups excluding carboxylic acids is 1. The minimum Gasteiger partial charge on any atom is -0.438 e. The van der Waals surface area contributed by atoms with Crippen LogP contribution in [0.15, 0.2) is 24.3 Å².